The minimum atomic E-state index is -0.660. The number of aliphatic hydroxyl groups excluding tert-OH is 1. The highest BCUT2D eigenvalue weighted by Crippen LogP contribution is 2.12. The van der Waals surface area contributed by atoms with Crippen LogP contribution in [-0.4, -0.2) is 53.4 Å². The normalized spacial score (nSPS) is 12.3. The summed E-state index contributed by atoms with van der Waals surface area (Å²) in [6.07, 6.45) is 1.37. The Bertz CT molecular complexity index is 718. The maximum atomic E-state index is 10.2. The van der Waals surface area contributed by atoms with Crippen molar-refractivity contribution in [3.63, 3.8) is 0 Å². The van der Waals surface area contributed by atoms with Gasteiger partial charge in [-0.05, 0) is 43.7 Å². The molecular weight excluding hydrogens is 455 g/mol. The van der Waals surface area contributed by atoms with Crippen molar-refractivity contribution < 1.29 is 9.84 Å². The second kappa shape index (κ2) is 11.9. The molecule has 1 aromatic carbocycles. The molecule has 2 rings (SSSR count). The number of aromatic nitrogens is 1. The number of hydrogen-bond acceptors (Lipinski definition) is 3. The van der Waals surface area contributed by atoms with Gasteiger partial charge in [-0.1, -0.05) is 12.1 Å². The van der Waals surface area contributed by atoms with E-state index in [-0.39, 0.29) is 37.1 Å². The monoisotopic (exact) mass is 486 g/mol. The van der Waals surface area contributed by atoms with E-state index < -0.39 is 6.10 Å². The number of nitrogens with one attached hydrogen (secondary N) is 1. The summed E-state index contributed by atoms with van der Waals surface area (Å²) in [5.41, 5.74) is 2.33. The van der Waals surface area contributed by atoms with Crippen molar-refractivity contribution in [1.29, 1.82) is 0 Å². The number of benzene rings is 1. The van der Waals surface area contributed by atoms with E-state index in [0.717, 1.165) is 30.4 Å². The zero-order chi connectivity index (χ0) is 18.9. The van der Waals surface area contributed by atoms with E-state index in [2.05, 4.69) is 20.9 Å². The molecule has 7 heteroatoms. The molecule has 0 bridgehead atoms. The number of aryl methyl sites for hydroxylation is 2. The first kappa shape index (κ1) is 23.3. The van der Waals surface area contributed by atoms with Crippen LogP contribution < -0.4 is 10.1 Å². The maximum Gasteiger partial charge on any atom is 0.194 e. The fraction of sp³-hybridized carbons (Fsp3) is 0.450. The fourth-order valence-corrected chi connectivity index (χ4v) is 2.59. The van der Waals surface area contributed by atoms with Crippen LogP contribution in [-0.2, 0) is 13.6 Å². The predicted molar refractivity (Wildman–Crippen MR) is 121 cm³/mol. The number of aliphatic imine (C=N–C) groups is 1. The molecule has 0 aliphatic rings. The minimum Gasteiger partial charge on any atom is -0.491 e. The van der Waals surface area contributed by atoms with Gasteiger partial charge in [0.15, 0.2) is 5.96 Å². The highest BCUT2D eigenvalue weighted by Gasteiger charge is 2.10. The Morgan fingerprint density at radius 3 is 2.74 bits per heavy atom. The molecule has 1 heterocycles. The third-order valence-corrected chi connectivity index (χ3v) is 4.03. The second-order valence-electron chi connectivity index (χ2n) is 6.44. The highest BCUT2D eigenvalue weighted by atomic mass is 127. The summed E-state index contributed by atoms with van der Waals surface area (Å²) in [4.78, 5) is 6.59. The van der Waals surface area contributed by atoms with Crippen molar-refractivity contribution in [3.8, 4) is 5.75 Å². The van der Waals surface area contributed by atoms with Gasteiger partial charge in [0.25, 0.3) is 0 Å². The lowest BCUT2D eigenvalue weighted by molar-refractivity contribution is 0.114. The predicted octanol–water partition coefficient (Wildman–Crippen LogP) is 2.79. The van der Waals surface area contributed by atoms with E-state index >= 15 is 0 Å². The van der Waals surface area contributed by atoms with Crippen LogP contribution in [0.5, 0.6) is 5.75 Å². The zero-order valence-corrected chi connectivity index (χ0v) is 18.9. The standard InChI is InChI=1S/C20H30N4O2.HI/c1-5-21-20(24(4)14-17-9-7-11-23(17)3)22-13-18(25)15-26-19-10-6-8-16(2)12-19;/h6-12,18,25H,5,13-15H2,1-4H3,(H,21,22);1H. The van der Waals surface area contributed by atoms with E-state index in [1.54, 1.807) is 0 Å². The lowest BCUT2D eigenvalue weighted by Gasteiger charge is -2.23. The van der Waals surface area contributed by atoms with Crippen molar-refractivity contribution in [3.05, 3.63) is 53.9 Å². The number of rotatable bonds is 8. The van der Waals surface area contributed by atoms with Crippen LogP contribution in [0.1, 0.15) is 18.2 Å². The van der Waals surface area contributed by atoms with Crippen molar-refractivity contribution in [2.75, 3.05) is 26.7 Å². The van der Waals surface area contributed by atoms with Crippen molar-refractivity contribution in [1.82, 2.24) is 14.8 Å². The number of nitrogens with zero attached hydrogens (tertiary/aromatic N) is 3. The SMILES string of the molecule is CCNC(=NCC(O)COc1cccc(C)c1)N(C)Cc1cccn1C.I. The van der Waals surface area contributed by atoms with Crippen LogP contribution in [0, 0.1) is 6.92 Å². The average Bonchev–Trinajstić information content (AvgIpc) is 3.01. The first-order chi connectivity index (χ1) is 12.5. The van der Waals surface area contributed by atoms with Gasteiger partial charge in [0.1, 0.15) is 18.5 Å². The molecule has 0 saturated heterocycles. The summed E-state index contributed by atoms with van der Waals surface area (Å²) in [7, 11) is 4.02. The van der Waals surface area contributed by atoms with Gasteiger partial charge in [0.2, 0.25) is 0 Å². The molecule has 0 fully saturated rings. The Morgan fingerprint density at radius 1 is 1.33 bits per heavy atom. The van der Waals surface area contributed by atoms with Gasteiger partial charge in [-0.2, -0.15) is 0 Å². The van der Waals surface area contributed by atoms with Gasteiger partial charge in [0.05, 0.1) is 13.1 Å². The molecule has 1 unspecified atom stereocenters. The maximum absolute atomic E-state index is 10.2. The first-order valence-corrected chi connectivity index (χ1v) is 8.96. The quantitative estimate of drug-likeness (QED) is 0.342. The van der Waals surface area contributed by atoms with Crippen molar-refractivity contribution in [2.45, 2.75) is 26.5 Å². The van der Waals surface area contributed by atoms with Crippen LogP contribution in [0.3, 0.4) is 0 Å². The topological polar surface area (TPSA) is 62.0 Å². The molecular formula is C20H31IN4O2. The summed E-state index contributed by atoms with van der Waals surface area (Å²) >= 11 is 0. The summed E-state index contributed by atoms with van der Waals surface area (Å²) < 4.78 is 7.73. The molecule has 0 aliphatic heterocycles. The van der Waals surface area contributed by atoms with Gasteiger partial charge in [-0.25, -0.2) is 0 Å². The van der Waals surface area contributed by atoms with Gasteiger partial charge < -0.3 is 24.6 Å². The van der Waals surface area contributed by atoms with E-state index in [9.17, 15) is 5.11 Å². The number of hydrogen-bond donors (Lipinski definition) is 2. The molecule has 0 aliphatic carbocycles. The van der Waals surface area contributed by atoms with Gasteiger partial charge in [0, 0.05) is 32.5 Å². The number of aliphatic hydroxyl groups is 1. The van der Waals surface area contributed by atoms with Gasteiger partial charge in [-0.3, -0.25) is 4.99 Å². The van der Waals surface area contributed by atoms with Crippen LogP contribution in [0.25, 0.3) is 0 Å². The molecule has 1 atom stereocenters. The van der Waals surface area contributed by atoms with Crippen molar-refractivity contribution >= 4 is 29.9 Å². The lowest BCUT2D eigenvalue weighted by atomic mass is 10.2. The molecule has 1 aromatic heterocycles. The molecule has 0 amide bonds. The number of guanidine groups is 1. The zero-order valence-electron chi connectivity index (χ0n) is 16.6. The van der Waals surface area contributed by atoms with E-state index in [0.29, 0.717) is 0 Å². The Kier molecular flexibility index (Phi) is 10.2. The van der Waals surface area contributed by atoms with Crippen LogP contribution in [0.2, 0.25) is 0 Å². The van der Waals surface area contributed by atoms with E-state index in [1.165, 1.54) is 5.69 Å². The highest BCUT2D eigenvalue weighted by molar-refractivity contribution is 14.0. The smallest absolute Gasteiger partial charge is 0.194 e. The fourth-order valence-electron chi connectivity index (χ4n) is 2.59. The Labute approximate surface area is 179 Å². The Hall–Kier alpha value is -1.74. The van der Waals surface area contributed by atoms with Gasteiger partial charge in [-0.15, -0.1) is 24.0 Å². The Balaban J connectivity index is 0.00000364. The van der Waals surface area contributed by atoms with Crippen LogP contribution in [0.15, 0.2) is 47.6 Å². The third kappa shape index (κ3) is 7.80. The average molecular weight is 486 g/mol. The molecule has 150 valence electrons. The minimum absolute atomic E-state index is 0. The Morgan fingerprint density at radius 2 is 2.11 bits per heavy atom. The molecule has 2 N–H and O–H groups in total. The third-order valence-electron chi connectivity index (χ3n) is 4.03. The summed E-state index contributed by atoms with van der Waals surface area (Å²) in [6, 6.07) is 11.9. The summed E-state index contributed by atoms with van der Waals surface area (Å²) in [5.74, 6) is 1.53. The van der Waals surface area contributed by atoms with Crippen LogP contribution >= 0.6 is 24.0 Å². The number of ether oxygens (including phenoxy) is 1. The second-order valence-corrected chi connectivity index (χ2v) is 6.44. The molecule has 6 nitrogen and oxygen atoms in total. The summed E-state index contributed by atoms with van der Waals surface area (Å²) in [5, 5.41) is 13.5. The molecule has 27 heavy (non-hydrogen) atoms. The van der Waals surface area contributed by atoms with Gasteiger partial charge >= 0.3 is 0 Å². The number of halogens is 1. The largest absolute Gasteiger partial charge is 0.491 e. The molecule has 2 aromatic rings. The molecule has 0 spiro atoms. The van der Waals surface area contributed by atoms with Crippen LogP contribution in [0.4, 0.5) is 0 Å². The first-order valence-electron chi connectivity index (χ1n) is 8.96. The molecule has 0 saturated carbocycles. The summed E-state index contributed by atoms with van der Waals surface area (Å²) in [6.45, 7) is 6.05. The molecule has 0 radical (unpaired) electrons. The van der Waals surface area contributed by atoms with E-state index in [1.807, 2.05) is 69.4 Å². The van der Waals surface area contributed by atoms with E-state index in [4.69, 9.17) is 4.74 Å². The van der Waals surface area contributed by atoms with Crippen molar-refractivity contribution in [2.24, 2.45) is 12.0 Å². The lowest BCUT2D eigenvalue weighted by Crippen LogP contribution is -2.39.